The molecule has 0 radical (unpaired) electrons. The average Bonchev–Trinajstić information content (AvgIpc) is 2.75. The Morgan fingerprint density at radius 2 is 1.83 bits per heavy atom. The number of carbonyl (C=O) groups is 2. The number of hydrazone groups is 1. The van der Waals surface area contributed by atoms with Crippen LogP contribution in [0.5, 0.6) is 0 Å². The lowest BCUT2D eigenvalue weighted by Gasteiger charge is -2.09. The number of hydrogen-bond acceptors (Lipinski definition) is 6. The summed E-state index contributed by atoms with van der Waals surface area (Å²) in [5, 5.41) is 9.08. The maximum absolute atomic E-state index is 12.6. The average molecular weight is 392 g/mol. The fourth-order valence-corrected chi connectivity index (χ4v) is 2.81. The van der Waals surface area contributed by atoms with Crippen molar-refractivity contribution in [2.24, 2.45) is 5.10 Å². The quantitative estimate of drug-likeness (QED) is 0.394. The van der Waals surface area contributed by atoms with Crippen LogP contribution < -0.4 is 11.0 Å². The number of aryl methyl sites for hydroxylation is 1. The van der Waals surface area contributed by atoms with E-state index in [0.29, 0.717) is 34.9 Å². The van der Waals surface area contributed by atoms with E-state index in [9.17, 15) is 14.4 Å². The molecule has 0 spiro atoms. The van der Waals surface area contributed by atoms with E-state index in [2.05, 4.69) is 20.4 Å². The van der Waals surface area contributed by atoms with Crippen LogP contribution in [0.3, 0.4) is 0 Å². The van der Waals surface area contributed by atoms with Crippen LogP contribution in [-0.2, 0) is 11.3 Å². The number of ether oxygens (including phenoxy) is 1. The number of nitrogens with one attached hydrogen (secondary N) is 1. The molecule has 0 aliphatic rings. The molecule has 1 aromatic heterocycles. The number of amides is 1. The number of rotatable bonds is 6. The molecule has 2 aromatic carbocycles. The molecule has 1 heterocycles. The molecular formula is C21H20N4O4. The van der Waals surface area contributed by atoms with Gasteiger partial charge < -0.3 is 4.74 Å². The van der Waals surface area contributed by atoms with E-state index >= 15 is 0 Å². The first-order valence-corrected chi connectivity index (χ1v) is 9.06. The molecule has 0 bridgehead atoms. The summed E-state index contributed by atoms with van der Waals surface area (Å²) in [5.74, 6) is -0.949. The first-order valence-electron chi connectivity index (χ1n) is 9.06. The number of hydrogen-bond donors (Lipinski definition) is 1. The van der Waals surface area contributed by atoms with Gasteiger partial charge in [-0.1, -0.05) is 37.3 Å². The fraction of sp³-hybridized carbons (Fsp3) is 0.190. The number of aromatic nitrogens is 2. The van der Waals surface area contributed by atoms with Crippen LogP contribution in [0.1, 0.15) is 39.8 Å². The second-order valence-corrected chi connectivity index (χ2v) is 6.24. The summed E-state index contributed by atoms with van der Waals surface area (Å²) < 4.78 is 5.95. The Labute approximate surface area is 166 Å². The predicted molar refractivity (Wildman–Crippen MR) is 109 cm³/mol. The van der Waals surface area contributed by atoms with Gasteiger partial charge in [-0.2, -0.15) is 10.2 Å². The minimum absolute atomic E-state index is 0.131. The van der Waals surface area contributed by atoms with E-state index in [1.54, 1.807) is 48.5 Å². The molecule has 8 nitrogen and oxygen atoms in total. The number of fused-ring (bicyclic) bond motifs is 1. The Kier molecular flexibility index (Phi) is 6.13. The van der Waals surface area contributed by atoms with Gasteiger partial charge in [0.1, 0.15) is 0 Å². The molecule has 8 heteroatoms. The predicted octanol–water partition coefficient (Wildman–Crippen LogP) is 2.36. The molecular weight excluding hydrogens is 372 g/mol. The van der Waals surface area contributed by atoms with Crippen molar-refractivity contribution in [1.29, 1.82) is 0 Å². The summed E-state index contributed by atoms with van der Waals surface area (Å²) >= 11 is 0. The molecule has 0 saturated heterocycles. The van der Waals surface area contributed by atoms with Gasteiger partial charge in [0.2, 0.25) is 0 Å². The first-order chi connectivity index (χ1) is 14.0. The summed E-state index contributed by atoms with van der Waals surface area (Å²) in [4.78, 5) is 36.6. The van der Waals surface area contributed by atoms with Crippen LogP contribution in [0.25, 0.3) is 10.8 Å². The van der Waals surface area contributed by atoms with Gasteiger partial charge in [0.15, 0.2) is 5.69 Å². The minimum atomic E-state index is -0.520. The van der Waals surface area contributed by atoms with Gasteiger partial charge in [-0.3, -0.25) is 9.59 Å². The van der Waals surface area contributed by atoms with Crippen molar-refractivity contribution in [3.8, 4) is 0 Å². The first kappa shape index (κ1) is 19.9. The number of nitrogens with zero attached hydrogens (tertiary/aromatic N) is 3. The third kappa shape index (κ3) is 4.37. The van der Waals surface area contributed by atoms with Crippen LogP contribution in [0.2, 0.25) is 0 Å². The Hall–Kier alpha value is -3.81. The lowest BCUT2D eigenvalue weighted by Crippen LogP contribution is -2.29. The molecule has 0 saturated carbocycles. The Morgan fingerprint density at radius 1 is 1.14 bits per heavy atom. The van der Waals surface area contributed by atoms with E-state index in [1.807, 2.05) is 6.92 Å². The largest absolute Gasteiger partial charge is 0.465 e. The zero-order valence-electron chi connectivity index (χ0n) is 16.1. The Morgan fingerprint density at radius 3 is 2.48 bits per heavy atom. The topological polar surface area (TPSA) is 103 Å². The molecule has 0 unspecified atom stereocenters. The van der Waals surface area contributed by atoms with Gasteiger partial charge in [-0.15, -0.1) is 0 Å². The van der Waals surface area contributed by atoms with Gasteiger partial charge in [-0.05, 0) is 30.2 Å². The third-order valence-corrected chi connectivity index (χ3v) is 4.23. The number of carbonyl (C=O) groups excluding carboxylic acids is 2. The van der Waals surface area contributed by atoms with Gasteiger partial charge >= 0.3 is 5.97 Å². The van der Waals surface area contributed by atoms with E-state index in [0.717, 1.165) is 0 Å². The lowest BCUT2D eigenvalue weighted by molar-refractivity contribution is 0.0600. The maximum Gasteiger partial charge on any atom is 0.337 e. The number of benzene rings is 2. The van der Waals surface area contributed by atoms with E-state index in [4.69, 9.17) is 0 Å². The molecule has 148 valence electrons. The molecule has 0 aliphatic heterocycles. The van der Waals surface area contributed by atoms with Gasteiger partial charge in [0, 0.05) is 11.9 Å². The second kappa shape index (κ2) is 8.92. The standard InChI is InChI=1S/C21H20N4O4/c1-3-12-25-20(27)17-7-5-4-6-16(17)18(24-25)19(26)23-22-13-14-8-10-15(11-9-14)21(28)29-2/h4-11,13H,3,12H2,1-2H3,(H,23,26)/b22-13+. The van der Waals surface area contributed by atoms with Crippen molar-refractivity contribution in [2.45, 2.75) is 19.9 Å². The smallest absolute Gasteiger partial charge is 0.337 e. The summed E-state index contributed by atoms with van der Waals surface area (Å²) in [7, 11) is 1.31. The Balaban J connectivity index is 1.83. The highest BCUT2D eigenvalue weighted by molar-refractivity contribution is 6.05. The normalized spacial score (nSPS) is 11.0. The van der Waals surface area contributed by atoms with Crippen molar-refractivity contribution in [3.05, 3.63) is 75.7 Å². The molecule has 0 aliphatic carbocycles. The summed E-state index contributed by atoms with van der Waals surface area (Å²) in [6.45, 7) is 2.35. The molecule has 1 N–H and O–H groups in total. The zero-order chi connectivity index (χ0) is 20.8. The van der Waals surface area contributed by atoms with Crippen LogP contribution in [0, 0.1) is 0 Å². The molecule has 1 amide bonds. The molecule has 29 heavy (non-hydrogen) atoms. The van der Waals surface area contributed by atoms with E-state index < -0.39 is 11.9 Å². The summed E-state index contributed by atoms with van der Waals surface area (Å²) in [6.07, 6.45) is 2.16. The molecule has 0 fully saturated rings. The highest BCUT2D eigenvalue weighted by atomic mass is 16.5. The molecule has 0 atom stereocenters. The summed E-state index contributed by atoms with van der Waals surface area (Å²) in [5.41, 5.74) is 3.45. The van der Waals surface area contributed by atoms with Crippen molar-refractivity contribution in [2.75, 3.05) is 7.11 Å². The second-order valence-electron chi connectivity index (χ2n) is 6.24. The monoisotopic (exact) mass is 392 g/mol. The number of methoxy groups -OCH3 is 1. The van der Waals surface area contributed by atoms with Crippen LogP contribution >= 0.6 is 0 Å². The fourth-order valence-electron chi connectivity index (χ4n) is 2.81. The number of esters is 1. The highest BCUT2D eigenvalue weighted by Crippen LogP contribution is 2.13. The van der Waals surface area contributed by atoms with E-state index in [-0.39, 0.29) is 11.3 Å². The van der Waals surface area contributed by atoms with Crippen LogP contribution in [0.4, 0.5) is 0 Å². The molecule has 3 aromatic rings. The van der Waals surface area contributed by atoms with Crippen molar-refractivity contribution in [3.63, 3.8) is 0 Å². The maximum atomic E-state index is 12.6. The zero-order valence-corrected chi connectivity index (χ0v) is 16.1. The Bertz CT molecular complexity index is 1130. The van der Waals surface area contributed by atoms with Gasteiger partial charge in [0.05, 0.1) is 24.3 Å². The van der Waals surface area contributed by atoms with E-state index in [1.165, 1.54) is 18.0 Å². The molecule has 3 rings (SSSR count). The van der Waals surface area contributed by atoms with Crippen molar-refractivity contribution >= 4 is 28.9 Å². The van der Waals surface area contributed by atoms with Crippen LogP contribution in [0.15, 0.2) is 58.4 Å². The SMILES string of the molecule is CCCn1nc(C(=O)N/N=C/c2ccc(C(=O)OC)cc2)c2ccccc2c1=O. The van der Waals surface area contributed by atoms with Crippen LogP contribution in [-0.4, -0.2) is 35.0 Å². The lowest BCUT2D eigenvalue weighted by atomic mass is 10.1. The van der Waals surface area contributed by atoms with Gasteiger partial charge in [0.25, 0.3) is 11.5 Å². The highest BCUT2D eigenvalue weighted by Gasteiger charge is 2.16. The van der Waals surface area contributed by atoms with Gasteiger partial charge in [-0.25, -0.2) is 14.9 Å². The van der Waals surface area contributed by atoms with Crippen molar-refractivity contribution < 1.29 is 14.3 Å². The minimum Gasteiger partial charge on any atom is -0.465 e. The third-order valence-electron chi connectivity index (χ3n) is 4.23. The van der Waals surface area contributed by atoms with Crippen molar-refractivity contribution in [1.82, 2.24) is 15.2 Å². The summed E-state index contributed by atoms with van der Waals surface area (Å²) in [6, 6.07) is 13.4.